The van der Waals surface area contributed by atoms with Crippen LogP contribution in [0.25, 0.3) is 0 Å². The summed E-state index contributed by atoms with van der Waals surface area (Å²) in [6.07, 6.45) is 0. The fourth-order valence-corrected chi connectivity index (χ4v) is 1.90. The molecule has 0 radical (unpaired) electrons. The van der Waals surface area contributed by atoms with E-state index < -0.39 is 24.5 Å². The van der Waals surface area contributed by atoms with E-state index in [4.69, 9.17) is 14.2 Å². The maximum absolute atomic E-state index is 12.1. The first-order valence-electron chi connectivity index (χ1n) is 8.51. The second-order valence-corrected chi connectivity index (χ2v) is 5.76. The molecule has 0 saturated carbocycles. The van der Waals surface area contributed by atoms with Crippen LogP contribution in [0.2, 0.25) is 0 Å². The summed E-state index contributed by atoms with van der Waals surface area (Å²) in [5.74, 6) is -0.220. The van der Waals surface area contributed by atoms with Crippen LogP contribution in [0.4, 0.5) is 4.79 Å². The lowest BCUT2D eigenvalue weighted by Gasteiger charge is -2.12. The predicted octanol–water partition coefficient (Wildman–Crippen LogP) is 2.12. The van der Waals surface area contributed by atoms with E-state index in [-0.39, 0.29) is 11.5 Å². The van der Waals surface area contributed by atoms with Crippen LogP contribution in [0.3, 0.4) is 0 Å². The summed E-state index contributed by atoms with van der Waals surface area (Å²) >= 11 is 0. The Bertz CT molecular complexity index is 630. The van der Waals surface area contributed by atoms with Crippen LogP contribution in [0, 0.1) is 5.92 Å². The number of nitrogens with one attached hydrogen (secondary N) is 2. The number of esters is 1. The molecule has 1 aromatic rings. The van der Waals surface area contributed by atoms with Crippen LogP contribution in [0.15, 0.2) is 18.2 Å². The Morgan fingerprint density at radius 1 is 1.04 bits per heavy atom. The molecule has 0 heterocycles. The van der Waals surface area contributed by atoms with Gasteiger partial charge in [0.2, 0.25) is 0 Å². The van der Waals surface area contributed by atoms with Gasteiger partial charge in [0.05, 0.1) is 18.8 Å². The fraction of sp³-hybridized carbons (Fsp3) is 0.500. The predicted molar refractivity (Wildman–Crippen MR) is 95.4 cm³/mol. The maximum atomic E-state index is 12.1. The van der Waals surface area contributed by atoms with Crippen LogP contribution in [0.1, 0.15) is 38.1 Å². The van der Waals surface area contributed by atoms with E-state index in [1.54, 1.807) is 6.07 Å². The molecule has 0 aliphatic heterocycles. The lowest BCUT2D eigenvalue weighted by molar-refractivity contribution is -0.123. The largest absolute Gasteiger partial charge is 0.490 e. The number of imide groups is 1. The summed E-state index contributed by atoms with van der Waals surface area (Å²) in [7, 11) is 0. The van der Waals surface area contributed by atoms with Gasteiger partial charge < -0.3 is 19.5 Å². The van der Waals surface area contributed by atoms with Crippen LogP contribution < -0.4 is 20.1 Å². The molecule has 1 aromatic carbocycles. The van der Waals surface area contributed by atoms with E-state index >= 15 is 0 Å². The molecule has 0 unspecified atom stereocenters. The summed E-state index contributed by atoms with van der Waals surface area (Å²) < 4.78 is 15.8. The van der Waals surface area contributed by atoms with Crippen LogP contribution in [-0.4, -0.2) is 44.3 Å². The first kappa shape index (κ1) is 21.3. The van der Waals surface area contributed by atoms with Crippen molar-refractivity contribution in [3.8, 4) is 11.5 Å². The third-order valence-corrected chi connectivity index (χ3v) is 3.04. The summed E-state index contributed by atoms with van der Waals surface area (Å²) in [5, 5.41) is 4.62. The number of rotatable bonds is 9. The van der Waals surface area contributed by atoms with Gasteiger partial charge in [-0.15, -0.1) is 0 Å². The third-order valence-electron chi connectivity index (χ3n) is 3.04. The standard InChI is InChI=1S/C18H26N2O6/c1-5-24-14-8-7-13(9-15(14)25-6-2)17(22)26-11-16(21)20-18(23)19-10-12(3)4/h7-9,12H,5-6,10-11H2,1-4H3,(H2,19,20,21,23). The van der Waals surface area contributed by atoms with Crippen LogP contribution >= 0.6 is 0 Å². The van der Waals surface area contributed by atoms with Crippen molar-refractivity contribution in [3.05, 3.63) is 23.8 Å². The minimum atomic E-state index is -0.712. The molecule has 0 saturated heterocycles. The third kappa shape index (κ3) is 7.42. The van der Waals surface area contributed by atoms with Crippen LogP contribution in [-0.2, 0) is 9.53 Å². The molecule has 26 heavy (non-hydrogen) atoms. The zero-order valence-corrected chi connectivity index (χ0v) is 15.6. The Kier molecular flexibility index (Phi) is 8.97. The van der Waals surface area contributed by atoms with Crippen molar-refractivity contribution in [1.29, 1.82) is 0 Å². The molecule has 0 aromatic heterocycles. The molecule has 0 fully saturated rings. The number of benzene rings is 1. The van der Waals surface area contributed by atoms with Gasteiger partial charge in [-0.1, -0.05) is 13.8 Å². The van der Waals surface area contributed by atoms with E-state index in [0.29, 0.717) is 31.3 Å². The Morgan fingerprint density at radius 2 is 1.69 bits per heavy atom. The molecular weight excluding hydrogens is 340 g/mol. The van der Waals surface area contributed by atoms with E-state index in [0.717, 1.165) is 0 Å². The van der Waals surface area contributed by atoms with Gasteiger partial charge >= 0.3 is 12.0 Å². The van der Waals surface area contributed by atoms with E-state index in [2.05, 4.69) is 10.6 Å². The lowest BCUT2D eigenvalue weighted by atomic mass is 10.2. The number of carbonyl (C=O) groups is 3. The van der Waals surface area contributed by atoms with Gasteiger partial charge in [0.25, 0.3) is 5.91 Å². The van der Waals surface area contributed by atoms with Gasteiger partial charge in [0, 0.05) is 6.54 Å². The molecule has 8 nitrogen and oxygen atoms in total. The topological polar surface area (TPSA) is 103 Å². The van der Waals surface area contributed by atoms with Gasteiger partial charge in [-0.05, 0) is 38.0 Å². The molecule has 8 heteroatoms. The first-order chi connectivity index (χ1) is 12.4. The van der Waals surface area contributed by atoms with Gasteiger partial charge in [-0.2, -0.15) is 0 Å². The van der Waals surface area contributed by atoms with E-state index in [1.165, 1.54) is 12.1 Å². The second-order valence-electron chi connectivity index (χ2n) is 5.76. The number of urea groups is 1. The van der Waals surface area contributed by atoms with Crippen molar-refractivity contribution in [2.24, 2.45) is 5.92 Å². The fourth-order valence-electron chi connectivity index (χ4n) is 1.90. The molecule has 0 aliphatic rings. The number of hydrogen-bond acceptors (Lipinski definition) is 6. The zero-order valence-electron chi connectivity index (χ0n) is 15.6. The Morgan fingerprint density at radius 3 is 2.31 bits per heavy atom. The molecule has 2 N–H and O–H groups in total. The highest BCUT2D eigenvalue weighted by Gasteiger charge is 2.15. The highest BCUT2D eigenvalue weighted by molar-refractivity contribution is 5.97. The van der Waals surface area contributed by atoms with Gasteiger partial charge in [0.15, 0.2) is 18.1 Å². The second kappa shape index (κ2) is 11.0. The molecular formula is C18H26N2O6. The summed E-state index contributed by atoms with van der Waals surface area (Å²) in [5.41, 5.74) is 0.217. The smallest absolute Gasteiger partial charge is 0.338 e. The molecule has 3 amide bonds. The molecule has 0 spiro atoms. The molecule has 1 rings (SSSR count). The van der Waals surface area contributed by atoms with Crippen molar-refractivity contribution >= 4 is 17.9 Å². The van der Waals surface area contributed by atoms with Crippen molar-refractivity contribution < 1.29 is 28.6 Å². The van der Waals surface area contributed by atoms with Gasteiger partial charge in [-0.3, -0.25) is 10.1 Å². The first-order valence-corrected chi connectivity index (χ1v) is 8.51. The average Bonchev–Trinajstić information content (AvgIpc) is 2.59. The Balaban J connectivity index is 2.58. The molecule has 0 aliphatic carbocycles. The van der Waals surface area contributed by atoms with Crippen molar-refractivity contribution in [2.45, 2.75) is 27.7 Å². The van der Waals surface area contributed by atoms with E-state index in [1.807, 2.05) is 27.7 Å². The quantitative estimate of drug-likeness (QED) is 0.649. The number of carbonyl (C=O) groups excluding carboxylic acids is 3. The van der Waals surface area contributed by atoms with Gasteiger partial charge in [-0.25, -0.2) is 9.59 Å². The Hall–Kier alpha value is -2.77. The zero-order chi connectivity index (χ0) is 19.5. The van der Waals surface area contributed by atoms with Crippen LogP contribution in [0.5, 0.6) is 11.5 Å². The summed E-state index contributed by atoms with van der Waals surface area (Å²) in [4.78, 5) is 35.2. The maximum Gasteiger partial charge on any atom is 0.338 e. The van der Waals surface area contributed by atoms with E-state index in [9.17, 15) is 14.4 Å². The average molecular weight is 366 g/mol. The monoisotopic (exact) mass is 366 g/mol. The highest BCUT2D eigenvalue weighted by Crippen LogP contribution is 2.28. The molecule has 0 atom stereocenters. The van der Waals surface area contributed by atoms with Crippen molar-refractivity contribution in [3.63, 3.8) is 0 Å². The lowest BCUT2D eigenvalue weighted by Crippen LogP contribution is -2.42. The minimum Gasteiger partial charge on any atom is -0.490 e. The molecule has 144 valence electrons. The van der Waals surface area contributed by atoms with Crippen molar-refractivity contribution in [2.75, 3.05) is 26.4 Å². The number of hydrogen-bond donors (Lipinski definition) is 2. The Labute approximate surface area is 153 Å². The van der Waals surface area contributed by atoms with Crippen molar-refractivity contribution in [1.82, 2.24) is 10.6 Å². The number of ether oxygens (including phenoxy) is 3. The summed E-state index contributed by atoms with van der Waals surface area (Å²) in [6.45, 7) is 8.25. The number of amides is 3. The van der Waals surface area contributed by atoms with Gasteiger partial charge in [0.1, 0.15) is 0 Å². The normalized spacial score (nSPS) is 10.2. The SMILES string of the molecule is CCOc1ccc(C(=O)OCC(=O)NC(=O)NCC(C)C)cc1OCC. The highest BCUT2D eigenvalue weighted by atomic mass is 16.5. The minimum absolute atomic E-state index is 0.217. The summed E-state index contributed by atoms with van der Waals surface area (Å²) in [6, 6.07) is 3.98. The molecule has 0 bridgehead atoms.